The molecule has 0 aromatic rings. The maximum atomic E-state index is 12.8. The molecule has 146 valence electrons. The Hall–Kier alpha value is -1.49. The molecule has 3 N–H and O–H groups in total. The first-order valence-corrected chi connectivity index (χ1v) is 7.64. The van der Waals surface area contributed by atoms with Gasteiger partial charge in [0.25, 0.3) is 11.5 Å². The van der Waals surface area contributed by atoms with E-state index in [1.54, 1.807) is 12.4 Å². The molecule has 0 aromatic carbocycles. The Morgan fingerprint density at radius 2 is 1.84 bits per heavy atom. The predicted octanol–water partition coefficient (Wildman–Crippen LogP) is 2.71. The lowest BCUT2D eigenvalue weighted by Gasteiger charge is -2.34. The Labute approximate surface area is 140 Å². The fourth-order valence-corrected chi connectivity index (χ4v) is 2.23. The molecule has 0 saturated carbocycles. The van der Waals surface area contributed by atoms with Gasteiger partial charge < -0.3 is 10.4 Å². The van der Waals surface area contributed by atoms with Gasteiger partial charge in [0, 0.05) is 6.04 Å². The second-order valence-corrected chi connectivity index (χ2v) is 5.85. The average molecular weight is 378 g/mol. The molecule has 0 bridgehead atoms. The average Bonchev–Trinajstić information content (AvgIpc) is 2.94. The smallest absolute Gasteiger partial charge is 0.371 e. The molecule has 11 heteroatoms. The number of hydroxylamine groups is 1. The van der Waals surface area contributed by atoms with Crippen LogP contribution < -0.4 is 10.8 Å². The summed E-state index contributed by atoms with van der Waals surface area (Å²) in [5, 5.41) is 11.7. The van der Waals surface area contributed by atoms with E-state index in [2.05, 4.69) is 10.2 Å². The highest BCUT2D eigenvalue weighted by molar-refractivity contribution is 5.93. The third-order valence-electron chi connectivity index (χ3n) is 3.75. The summed E-state index contributed by atoms with van der Waals surface area (Å²) in [7, 11) is 0. The van der Waals surface area contributed by atoms with E-state index >= 15 is 0 Å². The molecule has 1 amide bonds. The van der Waals surface area contributed by atoms with Gasteiger partial charge in [-0.05, 0) is 19.4 Å². The third-order valence-corrected chi connectivity index (χ3v) is 3.75. The van der Waals surface area contributed by atoms with E-state index in [1.165, 1.54) is 0 Å². The number of hydrogen-bond donors (Lipinski definition) is 3. The van der Waals surface area contributed by atoms with Gasteiger partial charge in [-0.1, -0.05) is 26.2 Å². The van der Waals surface area contributed by atoms with Gasteiger partial charge in [-0.2, -0.15) is 26.3 Å². The highest BCUT2D eigenvalue weighted by Gasteiger charge is 2.75. The number of carbonyl (C=O) groups excluding carboxylic acids is 1. The Morgan fingerprint density at radius 1 is 1.28 bits per heavy atom. The van der Waals surface area contributed by atoms with Crippen LogP contribution in [0.5, 0.6) is 0 Å². The maximum absolute atomic E-state index is 12.8. The van der Waals surface area contributed by atoms with Gasteiger partial charge in [0.2, 0.25) is 0 Å². The first-order valence-electron chi connectivity index (χ1n) is 7.64. The van der Waals surface area contributed by atoms with E-state index in [-0.39, 0.29) is 12.1 Å². The molecular formula is C14H20F6N2O3. The number of hydrogen-bond acceptors (Lipinski definition) is 4. The van der Waals surface area contributed by atoms with Gasteiger partial charge in [0.1, 0.15) is 5.70 Å². The lowest BCUT2D eigenvalue weighted by molar-refractivity contribution is -0.390. The van der Waals surface area contributed by atoms with Gasteiger partial charge >= 0.3 is 12.4 Å². The van der Waals surface area contributed by atoms with Crippen molar-refractivity contribution in [2.45, 2.75) is 69.6 Å². The summed E-state index contributed by atoms with van der Waals surface area (Å²) in [5.41, 5.74) is -4.04. The van der Waals surface area contributed by atoms with E-state index in [0.717, 1.165) is 19.3 Å². The Balaban J connectivity index is 2.85. The van der Waals surface area contributed by atoms with Crippen LogP contribution in [0.3, 0.4) is 0 Å². The Morgan fingerprint density at radius 3 is 2.32 bits per heavy atom. The topological polar surface area (TPSA) is 70.6 Å². The zero-order valence-corrected chi connectivity index (χ0v) is 13.6. The molecule has 1 rings (SSSR count). The largest absolute Gasteiger partial charge is 0.429 e. The zero-order chi connectivity index (χ0) is 19.5. The van der Waals surface area contributed by atoms with Crippen LogP contribution >= 0.6 is 0 Å². The minimum absolute atomic E-state index is 0.273. The number of carbonyl (C=O) groups is 1. The van der Waals surface area contributed by atoms with Crippen LogP contribution in [-0.2, 0) is 9.63 Å². The van der Waals surface area contributed by atoms with Crippen molar-refractivity contribution in [3.63, 3.8) is 0 Å². The first kappa shape index (κ1) is 21.6. The molecule has 2 atom stereocenters. The number of aliphatic hydroxyl groups is 1. The standard InChI is InChI=1S/C14H20F6N2O3/c1-3-4-5-6-8(2)21-11(23)9-7-10(25-22-9)12(24,13(15,16)17)14(18,19)20/h7-8,10,22,24H,3-6H2,1-2H3,(H,21,23). The number of rotatable bonds is 7. The fourth-order valence-electron chi connectivity index (χ4n) is 2.23. The van der Waals surface area contributed by atoms with Crippen LogP contribution in [-0.4, -0.2) is 41.1 Å². The van der Waals surface area contributed by atoms with Crippen molar-refractivity contribution in [1.29, 1.82) is 0 Å². The minimum Gasteiger partial charge on any atom is -0.371 e. The number of nitrogens with one attached hydrogen (secondary N) is 2. The molecule has 1 aliphatic rings. The Bertz CT molecular complexity index is 490. The summed E-state index contributed by atoms with van der Waals surface area (Å²) in [6.07, 6.45) is -11.4. The third kappa shape index (κ3) is 4.78. The number of unbranched alkanes of at least 4 members (excludes halogenated alkanes) is 2. The van der Waals surface area contributed by atoms with Crippen LogP contribution in [0.4, 0.5) is 26.3 Å². The molecule has 5 nitrogen and oxygen atoms in total. The second kappa shape index (κ2) is 7.81. The number of amides is 1. The highest BCUT2D eigenvalue weighted by Crippen LogP contribution is 2.47. The summed E-state index contributed by atoms with van der Waals surface area (Å²) in [6, 6.07) is -0.329. The molecule has 0 saturated heterocycles. The van der Waals surface area contributed by atoms with Gasteiger partial charge in [-0.3, -0.25) is 15.1 Å². The fraction of sp³-hybridized carbons (Fsp3) is 0.786. The lowest BCUT2D eigenvalue weighted by Crippen LogP contribution is -2.64. The maximum Gasteiger partial charge on any atom is 0.429 e. The van der Waals surface area contributed by atoms with Crippen molar-refractivity contribution in [2.24, 2.45) is 0 Å². The summed E-state index contributed by atoms with van der Waals surface area (Å²) >= 11 is 0. The first-order chi connectivity index (χ1) is 11.3. The van der Waals surface area contributed by atoms with Crippen molar-refractivity contribution in [3.05, 3.63) is 11.8 Å². The van der Waals surface area contributed by atoms with Crippen molar-refractivity contribution >= 4 is 5.91 Å². The summed E-state index contributed by atoms with van der Waals surface area (Å²) in [6.45, 7) is 3.64. The number of halogens is 6. The quantitative estimate of drug-likeness (QED) is 0.471. The predicted molar refractivity (Wildman–Crippen MR) is 74.9 cm³/mol. The van der Waals surface area contributed by atoms with Gasteiger partial charge in [0.05, 0.1) is 0 Å². The molecule has 1 heterocycles. The molecule has 25 heavy (non-hydrogen) atoms. The molecule has 0 aromatic heterocycles. The Kier molecular flexibility index (Phi) is 6.74. The van der Waals surface area contributed by atoms with Crippen molar-refractivity contribution < 1.29 is 41.1 Å². The van der Waals surface area contributed by atoms with E-state index in [0.29, 0.717) is 6.42 Å². The van der Waals surface area contributed by atoms with E-state index < -0.39 is 35.7 Å². The molecule has 0 fully saturated rings. The highest BCUT2D eigenvalue weighted by atomic mass is 19.4. The second-order valence-electron chi connectivity index (χ2n) is 5.85. The zero-order valence-electron chi connectivity index (χ0n) is 13.6. The van der Waals surface area contributed by atoms with E-state index in [9.17, 15) is 36.2 Å². The summed E-state index contributed by atoms with van der Waals surface area (Å²) in [5.74, 6) is -0.918. The van der Waals surface area contributed by atoms with Gasteiger partial charge in [-0.25, -0.2) is 0 Å². The molecular weight excluding hydrogens is 358 g/mol. The normalized spacial score (nSPS) is 20.0. The van der Waals surface area contributed by atoms with Crippen LogP contribution in [0.2, 0.25) is 0 Å². The van der Waals surface area contributed by atoms with Crippen molar-refractivity contribution in [3.8, 4) is 0 Å². The van der Waals surface area contributed by atoms with Crippen LogP contribution in [0.25, 0.3) is 0 Å². The van der Waals surface area contributed by atoms with Gasteiger partial charge in [0.15, 0.2) is 6.10 Å². The molecule has 1 aliphatic heterocycles. The molecule has 0 radical (unpaired) electrons. The molecule has 0 spiro atoms. The summed E-state index contributed by atoms with van der Waals surface area (Å²) < 4.78 is 76.5. The molecule has 0 aliphatic carbocycles. The van der Waals surface area contributed by atoms with Crippen molar-refractivity contribution in [1.82, 2.24) is 10.8 Å². The lowest BCUT2D eigenvalue weighted by atomic mass is 9.94. The van der Waals surface area contributed by atoms with Crippen LogP contribution in [0.1, 0.15) is 39.5 Å². The van der Waals surface area contributed by atoms with Crippen molar-refractivity contribution in [2.75, 3.05) is 0 Å². The number of alkyl halides is 6. The van der Waals surface area contributed by atoms with Gasteiger partial charge in [-0.15, -0.1) is 0 Å². The van der Waals surface area contributed by atoms with Crippen LogP contribution in [0, 0.1) is 0 Å². The molecule has 2 unspecified atom stereocenters. The van der Waals surface area contributed by atoms with E-state index in [4.69, 9.17) is 0 Å². The SMILES string of the molecule is CCCCCC(C)NC(=O)C1=CC(C(O)(C(F)(F)F)C(F)(F)F)ON1. The monoisotopic (exact) mass is 378 g/mol. The summed E-state index contributed by atoms with van der Waals surface area (Å²) in [4.78, 5) is 16.1. The minimum atomic E-state index is -6.05. The van der Waals surface area contributed by atoms with E-state index in [1.807, 2.05) is 6.92 Å². The van der Waals surface area contributed by atoms with Crippen LogP contribution in [0.15, 0.2) is 11.8 Å².